The first kappa shape index (κ1) is 32.4. The fourth-order valence-corrected chi connectivity index (χ4v) is 5.45. The molecule has 2 aromatic carbocycles. The number of alkyl halides is 6. The van der Waals surface area contributed by atoms with E-state index >= 15 is 0 Å². The lowest BCUT2D eigenvalue weighted by molar-refractivity contribution is -0.167. The van der Waals surface area contributed by atoms with Crippen LogP contribution in [-0.4, -0.2) is 83.4 Å². The van der Waals surface area contributed by atoms with E-state index in [0.717, 1.165) is 0 Å². The molecule has 8 nitrogen and oxygen atoms in total. The van der Waals surface area contributed by atoms with Crippen LogP contribution in [0.4, 0.5) is 31.1 Å². The van der Waals surface area contributed by atoms with Gasteiger partial charge in [-0.2, -0.15) is 26.3 Å². The van der Waals surface area contributed by atoms with Crippen LogP contribution in [0.1, 0.15) is 35.1 Å². The summed E-state index contributed by atoms with van der Waals surface area (Å²) >= 11 is 6.32. The van der Waals surface area contributed by atoms with Gasteiger partial charge in [-0.1, -0.05) is 29.8 Å². The van der Waals surface area contributed by atoms with Gasteiger partial charge in [-0.15, -0.1) is 0 Å². The topological polar surface area (TPSA) is 76.2 Å². The molecule has 2 aromatic rings. The van der Waals surface area contributed by atoms with Gasteiger partial charge in [-0.25, -0.2) is 4.79 Å². The van der Waals surface area contributed by atoms with Crippen LogP contribution in [0.15, 0.2) is 42.5 Å². The number of amides is 4. The Bertz CT molecular complexity index is 1340. The number of nitrogens with one attached hydrogen (secondary N) is 1. The maximum Gasteiger partial charge on any atom is 0.416 e. The standard InChI is InChI=1S/C28H30ClF6N5O3/c1-37(2)9-7-22-25(42)38(15-18-5-3-4-6-21(18)29)16-23-39(10-8-24(41)40(22)23)26(43)36-14-17-11-19(27(30,31)32)13-20(12-17)28(33,34)35/h3-6,11-13,22-23H,7-10,14-16H2,1-2H3,(H,36,43)/t22-,23+/m0/s1. The molecule has 0 unspecified atom stereocenters. The summed E-state index contributed by atoms with van der Waals surface area (Å²) < 4.78 is 79.8. The van der Waals surface area contributed by atoms with Crippen molar-refractivity contribution >= 4 is 29.4 Å². The molecule has 2 saturated heterocycles. The normalized spacial score (nSPS) is 19.6. The molecule has 0 aromatic heterocycles. The summed E-state index contributed by atoms with van der Waals surface area (Å²) in [4.78, 5) is 46.1. The Hall–Kier alpha value is -3.52. The number of hydrogen-bond acceptors (Lipinski definition) is 4. The summed E-state index contributed by atoms with van der Waals surface area (Å²) in [6.45, 7) is -0.193. The van der Waals surface area contributed by atoms with Crippen LogP contribution in [0, 0.1) is 0 Å². The Balaban J connectivity index is 1.60. The molecule has 234 valence electrons. The van der Waals surface area contributed by atoms with Gasteiger partial charge in [-0.3, -0.25) is 9.59 Å². The summed E-state index contributed by atoms with van der Waals surface area (Å²) in [6.07, 6.45) is -10.8. The number of nitrogens with zero attached hydrogens (tertiary/aromatic N) is 4. The number of benzene rings is 2. The lowest BCUT2D eigenvalue weighted by Gasteiger charge is -2.52. The second-order valence-electron chi connectivity index (χ2n) is 10.7. The van der Waals surface area contributed by atoms with Crippen molar-refractivity contribution in [3.05, 3.63) is 69.7 Å². The molecule has 2 fully saturated rings. The molecule has 0 aliphatic carbocycles. The third-order valence-corrected chi connectivity index (χ3v) is 7.74. The van der Waals surface area contributed by atoms with Gasteiger partial charge in [0.15, 0.2) is 0 Å². The molecule has 4 amide bonds. The maximum atomic E-state index is 13.6. The molecular weight excluding hydrogens is 604 g/mol. The van der Waals surface area contributed by atoms with Crippen LogP contribution < -0.4 is 5.32 Å². The minimum atomic E-state index is -5.03. The largest absolute Gasteiger partial charge is 0.416 e. The zero-order chi connectivity index (χ0) is 31.7. The maximum absolute atomic E-state index is 13.6. The van der Waals surface area contributed by atoms with Gasteiger partial charge in [0.05, 0.1) is 17.7 Å². The number of piperazine rings is 1. The predicted octanol–water partition coefficient (Wildman–Crippen LogP) is 4.81. The van der Waals surface area contributed by atoms with Crippen LogP contribution in [0.25, 0.3) is 0 Å². The molecule has 4 rings (SSSR count). The first-order valence-electron chi connectivity index (χ1n) is 13.4. The van der Waals surface area contributed by atoms with Crippen LogP contribution in [0.3, 0.4) is 0 Å². The van der Waals surface area contributed by atoms with Gasteiger partial charge in [0.25, 0.3) is 0 Å². The van der Waals surface area contributed by atoms with Gasteiger partial charge in [0, 0.05) is 31.1 Å². The van der Waals surface area contributed by atoms with Crippen LogP contribution >= 0.6 is 11.6 Å². The second kappa shape index (κ2) is 12.6. The zero-order valence-corrected chi connectivity index (χ0v) is 24.1. The van der Waals surface area contributed by atoms with Crippen molar-refractivity contribution < 1.29 is 40.7 Å². The second-order valence-corrected chi connectivity index (χ2v) is 11.1. The summed E-state index contributed by atoms with van der Waals surface area (Å²) in [6, 6.07) is 6.32. The molecule has 2 aliphatic rings. The highest BCUT2D eigenvalue weighted by molar-refractivity contribution is 6.31. The van der Waals surface area contributed by atoms with Crippen molar-refractivity contribution in [1.29, 1.82) is 0 Å². The van der Waals surface area contributed by atoms with Crippen molar-refractivity contribution in [1.82, 2.24) is 24.9 Å². The molecule has 2 atom stereocenters. The minimum absolute atomic E-state index is 0.0138. The molecule has 0 spiro atoms. The summed E-state index contributed by atoms with van der Waals surface area (Å²) in [5, 5.41) is 2.83. The molecule has 43 heavy (non-hydrogen) atoms. The number of carbonyl (C=O) groups excluding carboxylic acids is 3. The fraction of sp³-hybridized carbons (Fsp3) is 0.464. The first-order chi connectivity index (χ1) is 20.1. The van der Waals surface area contributed by atoms with Crippen LogP contribution in [0.2, 0.25) is 5.02 Å². The van der Waals surface area contributed by atoms with E-state index in [-0.39, 0.29) is 50.4 Å². The van der Waals surface area contributed by atoms with Crippen molar-refractivity contribution in [3.63, 3.8) is 0 Å². The third kappa shape index (κ3) is 7.53. The Labute approximate surface area is 249 Å². The summed E-state index contributed by atoms with van der Waals surface area (Å²) in [5.74, 6) is -0.659. The lowest BCUT2D eigenvalue weighted by atomic mass is 10.0. The number of urea groups is 1. The van der Waals surface area contributed by atoms with Crippen molar-refractivity contribution in [2.45, 2.75) is 50.5 Å². The van der Waals surface area contributed by atoms with Gasteiger partial charge < -0.3 is 24.9 Å². The SMILES string of the molecule is CN(C)CC[C@H]1C(=O)N(Cc2ccccc2Cl)C[C@@H]2N(C(=O)NCc3cc(C(F)(F)F)cc(C(F)(F)F)c3)CCC(=O)N21. The highest BCUT2D eigenvalue weighted by atomic mass is 35.5. The first-order valence-corrected chi connectivity index (χ1v) is 13.7. The van der Waals surface area contributed by atoms with E-state index in [1.165, 1.54) is 14.7 Å². The van der Waals surface area contributed by atoms with Gasteiger partial charge in [-0.05, 0) is 62.5 Å². The van der Waals surface area contributed by atoms with Gasteiger partial charge >= 0.3 is 18.4 Å². The monoisotopic (exact) mass is 633 g/mol. The quantitative estimate of drug-likeness (QED) is 0.444. The van der Waals surface area contributed by atoms with Gasteiger partial charge in [0.2, 0.25) is 11.8 Å². The van der Waals surface area contributed by atoms with Gasteiger partial charge in [0.1, 0.15) is 12.2 Å². The molecule has 2 heterocycles. The average molecular weight is 634 g/mol. The highest BCUT2D eigenvalue weighted by Crippen LogP contribution is 2.36. The van der Waals surface area contributed by atoms with Crippen molar-refractivity contribution in [2.24, 2.45) is 0 Å². The smallest absolute Gasteiger partial charge is 0.334 e. The molecular formula is C28H30ClF6N5O3. The van der Waals surface area contributed by atoms with E-state index in [9.17, 15) is 40.7 Å². The van der Waals surface area contributed by atoms with E-state index in [2.05, 4.69) is 5.32 Å². The Kier molecular flexibility index (Phi) is 9.50. The molecule has 15 heteroatoms. The van der Waals surface area contributed by atoms with Crippen molar-refractivity contribution in [2.75, 3.05) is 33.7 Å². The van der Waals surface area contributed by atoms with Crippen LogP contribution in [-0.2, 0) is 35.0 Å². The number of fused-ring (bicyclic) bond motifs is 1. The molecule has 1 N–H and O–H groups in total. The lowest BCUT2D eigenvalue weighted by Crippen LogP contribution is -2.72. The van der Waals surface area contributed by atoms with Crippen LogP contribution in [0.5, 0.6) is 0 Å². The highest BCUT2D eigenvalue weighted by Gasteiger charge is 2.48. The average Bonchev–Trinajstić information content (AvgIpc) is 2.92. The van der Waals surface area contributed by atoms with Crippen molar-refractivity contribution in [3.8, 4) is 0 Å². The Morgan fingerprint density at radius 3 is 2.23 bits per heavy atom. The predicted molar refractivity (Wildman–Crippen MR) is 144 cm³/mol. The Morgan fingerprint density at radius 2 is 1.65 bits per heavy atom. The number of carbonyl (C=O) groups is 3. The fourth-order valence-electron chi connectivity index (χ4n) is 5.25. The minimum Gasteiger partial charge on any atom is -0.334 e. The Morgan fingerprint density at radius 1 is 1.02 bits per heavy atom. The number of rotatable bonds is 7. The van der Waals surface area contributed by atoms with E-state index < -0.39 is 53.8 Å². The summed E-state index contributed by atoms with van der Waals surface area (Å²) in [7, 11) is 3.62. The third-order valence-electron chi connectivity index (χ3n) is 7.37. The molecule has 2 aliphatic heterocycles. The number of hydrogen-bond donors (Lipinski definition) is 1. The zero-order valence-electron chi connectivity index (χ0n) is 23.3. The van der Waals surface area contributed by atoms with E-state index in [0.29, 0.717) is 29.3 Å². The summed E-state index contributed by atoms with van der Waals surface area (Å²) in [5.41, 5.74) is -2.74. The molecule has 0 saturated carbocycles. The molecule has 0 radical (unpaired) electrons. The van der Waals surface area contributed by atoms with E-state index in [1.807, 2.05) is 19.0 Å². The van der Waals surface area contributed by atoms with E-state index in [4.69, 9.17) is 11.6 Å². The molecule has 0 bridgehead atoms. The van der Waals surface area contributed by atoms with E-state index in [1.54, 1.807) is 24.3 Å². The number of halogens is 7.